The fourth-order valence-electron chi connectivity index (χ4n) is 2.71. The van der Waals surface area contributed by atoms with Crippen molar-refractivity contribution in [2.75, 3.05) is 19.8 Å². The minimum atomic E-state index is 0.0449. The summed E-state index contributed by atoms with van der Waals surface area (Å²) in [6.07, 6.45) is 4.29. The van der Waals surface area contributed by atoms with Crippen LogP contribution in [0.3, 0.4) is 0 Å². The van der Waals surface area contributed by atoms with Gasteiger partial charge in [0.2, 0.25) is 5.91 Å². The topological polar surface area (TPSA) is 29.5 Å². The average molecular weight is 290 g/mol. The maximum Gasteiger partial charge on any atom is 0.236 e. The van der Waals surface area contributed by atoms with Crippen molar-refractivity contribution in [1.29, 1.82) is 0 Å². The Balaban J connectivity index is 1.96. The Labute approximate surface area is 106 Å². The number of amides is 1. The summed E-state index contributed by atoms with van der Waals surface area (Å²) in [4.78, 5) is 14.2. The lowest BCUT2D eigenvalue weighted by Gasteiger charge is -2.40. The zero-order chi connectivity index (χ0) is 11.5. The van der Waals surface area contributed by atoms with Crippen molar-refractivity contribution in [3.8, 4) is 0 Å². The molecule has 0 aliphatic carbocycles. The molecule has 1 amide bonds. The summed E-state index contributed by atoms with van der Waals surface area (Å²) in [5.74, 6) is 0.903. The van der Waals surface area contributed by atoms with Gasteiger partial charge in [-0.3, -0.25) is 4.79 Å². The van der Waals surface area contributed by atoms with Crippen LogP contribution < -0.4 is 0 Å². The number of carbonyl (C=O) groups excluding carboxylic acids is 1. The number of nitrogens with zero attached hydrogens (tertiary/aromatic N) is 1. The standard InChI is InChI=1S/C12H20BrNO2/c1-9(10-4-7-16-8-5-10)14-6-2-3-11(13)12(14)15/h9-11H,2-8H2,1H3. The van der Waals surface area contributed by atoms with Gasteiger partial charge < -0.3 is 9.64 Å². The molecule has 4 heteroatoms. The molecule has 2 rings (SSSR count). The van der Waals surface area contributed by atoms with Gasteiger partial charge in [0, 0.05) is 25.8 Å². The highest BCUT2D eigenvalue weighted by molar-refractivity contribution is 9.10. The van der Waals surface area contributed by atoms with Gasteiger partial charge in [-0.2, -0.15) is 0 Å². The summed E-state index contributed by atoms with van der Waals surface area (Å²) in [7, 11) is 0. The maximum atomic E-state index is 12.1. The molecule has 2 unspecified atom stereocenters. The van der Waals surface area contributed by atoms with E-state index in [-0.39, 0.29) is 10.7 Å². The number of piperidine rings is 1. The smallest absolute Gasteiger partial charge is 0.236 e. The number of alkyl halides is 1. The third kappa shape index (κ3) is 2.59. The lowest BCUT2D eigenvalue weighted by atomic mass is 9.90. The second-order valence-corrected chi connectivity index (χ2v) is 5.94. The maximum absolute atomic E-state index is 12.1. The van der Waals surface area contributed by atoms with E-state index in [0.29, 0.717) is 12.0 Å². The van der Waals surface area contributed by atoms with Gasteiger partial charge in [-0.15, -0.1) is 0 Å². The van der Waals surface area contributed by atoms with Crippen LogP contribution in [-0.4, -0.2) is 41.4 Å². The molecule has 0 aromatic carbocycles. The van der Waals surface area contributed by atoms with E-state index in [9.17, 15) is 4.79 Å². The van der Waals surface area contributed by atoms with Crippen molar-refractivity contribution in [3.05, 3.63) is 0 Å². The van der Waals surface area contributed by atoms with Crippen LogP contribution in [0.5, 0.6) is 0 Å². The van der Waals surface area contributed by atoms with E-state index in [1.807, 2.05) is 0 Å². The molecular weight excluding hydrogens is 270 g/mol. The van der Waals surface area contributed by atoms with E-state index in [2.05, 4.69) is 27.8 Å². The first-order valence-electron chi connectivity index (χ1n) is 6.22. The van der Waals surface area contributed by atoms with Crippen molar-refractivity contribution in [2.24, 2.45) is 5.92 Å². The number of ether oxygens (including phenoxy) is 1. The van der Waals surface area contributed by atoms with Crippen molar-refractivity contribution >= 4 is 21.8 Å². The van der Waals surface area contributed by atoms with Crippen LogP contribution in [0, 0.1) is 5.92 Å². The van der Waals surface area contributed by atoms with E-state index < -0.39 is 0 Å². The lowest BCUT2D eigenvalue weighted by molar-refractivity contribution is -0.136. The summed E-state index contributed by atoms with van der Waals surface area (Å²) in [5, 5.41) is 0. The molecule has 0 radical (unpaired) electrons. The van der Waals surface area contributed by atoms with Crippen LogP contribution >= 0.6 is 15.9 Å². The SMILES string of the molecule is CC(C1CCOCC1)N1CCCC(Br)C1=O. The Morgan fingerprint density at radius 3 is 2.75 bits per heavy atom. The molecule has 2 aliphatic heterocycles. The molecule has 0 N–H and O–H groups in total. The van der Waals surface area contributed by atoms with Crippen LogP contribution in [0.4, 0.5) is 0 Å². The zero-order valence-electron chi connectivity index (χ0n) is 9.82. The number of rotatable bonds is 2. The highest BCUT2D eigenvalue weighted by atomic mass is 79.9. The second-order valence-electron chi connectivity index (χ2n) is 4.83. The van der Waals surface area contributed by atoms with Crippen LogP contribution in [-0.2, 0) is 9.53 Å². The quantitative estimate of drug-likeness (QED) is 0.730. The molecule has 2 atom stereocenters. The molecule has 2 heterocycles. The number of carbonyl (C=O) groups is 1. The predicted molar refractivity (Wildman–Crippen MR) is 66.7 cm³/mol. The van der Waals surface area contributed by atoms with E-state index in [4.69, 9.17) is 4.74 Å². The van der Waals surface area contributed by atoms with Crippen LogP contribution in [0.25, 0.3) is 0 Å². The Morgan fingerprint density at radius 1 is 1.38 bits per heavy atom. The number of halogens is 1. The average Bonchev–Trinajstić information content (AvgIpc) is 2.33. The lowest BCUT2D eigenvalue weighted by Crippen LogP contribution is -2.50. The van der Waals surface area contributed by atoms with Gasteiger partial charge in [-0.1, -0.05) is 15.9 Å². The number of likely N-dealkylation sites (tertiary alicyclic amines) is 1. The van der Waals surface area contributed by atoms with Gasteiger partial charge >= 0.3 is 0 Å². The summed E-state index contributed by atoms with van der Waals surface area (Å²) in [6, 6.07) is 0.372. The highest BCUT2D eigenvalue weighted by Crippen LogP contribution is 2.27. The minimum Gasteiger partial charge on any atom is -0.381 e. The van der Waals surface area contributed by atoms with Gasteiger partial charge in [-0.25, -0.2) is 0 Å². The van der Waals surface area contributed by atoms with Crippen LogP contribution in [0.15, 0.2) is 0 Å². The molecule has 0 aromatic heterocycles. The fraction of sp³-hybridized carbons (Fsp3) is 0.917. The molecule has 0 spiro atoms. The zero-order valence-corrected chi connectivity index (χ0v) is 11.4. The van der Waals surface area contributed by atoms with Gasteiger partial charge in [0.15, 0.2) is 0 Å². The first-order valence-corrected chi connectivity index (χ1v) is 7.14. The Morgan fingerprint density at radius 2 is 2.06 bits per heavy atom. The van der Waals surface area contributed by atoms with E-state index in [0.717, 1.165) is 45.4 Å². The number of hydrogen-bond donors (Lipinski definition) is 0. The van der Waals surface area contributed by atoms with Gasteiger partial charge in [-0.05, 0) is 38.5 Å². The van der Waals surface area contributed by atoms with Crippen molar-refractivity contribution in [2.45, 2.75) is 43.5 Å². The molecule has 92 valence electrons. The summed E-state index contributed by atoms with van der Waals surface area (Å²) in [6.45, 7) is 4.84. The second kappa shape index (κ2) is 5.50. The molecule has 0 saturated carbocycles. The van der Waals surface area contributed by atoms with Crippen LogP contribution in [0.1, 0.15) is 32.6 Å². The fourth-order valence-corrected chi connectivity index (χ4v) is 3.30. The summed E-state index contributed by atoms with van der Waals surface area (Å²) >= 11 is 3.47. The Kier molecular flexibility index (Phi) is 4.25. The molecule has 3 nitrogen and oxygen atoms in total. The first kappa shape index (κ1) is 12.4. The van der Waals surface area contributed by atoms with Crippen molar-refractivity contribution in [3.63, 3.8) is 0 Å². The van der Waals surface area contributed by atoms with Crippen LogP contribution in [0.2, 0.25) is 0 Å². The number of hydrogen-bond acceptors (Lipinski definition) is 2. The molecule has 2 fully saturated rings. The van der Waals surface area contributed by atoms with Crippen molar-refractivity contribution in [1.82, 2.24) is 4.90 Å². The third-order valence-corrected chi connectivity index (χ3v) is 4.70. The predicted octanol–water partition coefficient (Wildman–Crippen LogP) is 2.19. The highest BCUT2D eigenvalue weighted by Gasteiger charge is 2.33. The van der Waals surface area contributed by atoms with Gasteiger partial charge in [0.05, 0.1) is 4.83 Å². The largest absolute Gasteiger partial charge is 0.381 e. The first-order chi connectivity index (χ1) is 7.70. The molecule has 2 aliphatic rings. The Hall–Kier alpha value is -0.0900. The monoisotopic (exact) mass is 289 g/mol. The van der Waals surface area contributed by atoms with E-state index in [1.54, 1.807) is 0 Å². The molecule has 0 bridgehead atoms. The van der Waals surface area contributed by atoms with Gasteiger partial charge in [0.25, 0.3) is 0 Å². The Bertz CT molecular complexity index is 253. The molecule has 0 aromatic rings. The van der Waals surface area contributed by atoms with Gasteiger partial charge in [0.1, 0.15) is 0 Å². The van der Waals surface area contributed by atoms with E-state index in [1.165, 1.54) is 0 Å². The summed E-state index contributed by atoms with van der Waals surface area (Å²) in [5.41, 5.74) is 0. The summed E-state index contributed by atoms with van der Waals surface area (Å²) < 4.78 is 5.37. The van der Waals surface area contributed by atoms with E-state index >= 15 is 0 Å². The normalized spacial score (nSPS) is 30.5. The minimum absolute atomic E-state index is 0.0449. The molecule has 16 heavy (non-hydrogen) atoms. The molecular formula is C12H20BrNO2. The third-order valence-electron chi connectivity index (χ3n) is 3.85. The molecule has 2 saturated heterocycles. The van der Waals surface area contributed by atoms with Crippen molar-refractivity contribution < 1.29 is 9.53 Å².